The van der Waals surface area contributed by atoms with Crippen LogP contribution < -0.4 is 4.90 Å². The van der Waals surface area contributed by atoms with Crippen LogP contribution in [0, 0.1) is 0 Å². The second-order valence-electron chi connectivity index (χ2n) is 7.75. The monoisotopic (exact) mass is 468 g/mol. The predicted octanol–water partition coefficient (Wildman–Crippen LogP) is 5.65. The summed E-state index contributed by atoms with van der Waals surface area (Å²) in [5.74, 6) is 0.536. The fourth-order valence-corrected chi connectivity index (χ4v) is 5.39. The molecule has 0 radical (unpaired) electrons. The summed E-state index contributed by atoms with van der Waals surface area (Å²) >= 11 is 1.43. The maximum Gasteiger partial charge on any atom is 0.260 e. The van der Waals surface area contributed by atoms with Crippen molar-refractivity contribution in [2.24, 2.45) is 0 Å². The van der Waals surface area contributed by atoms with Crippen molar-refractivity contribution in [3.63, 3.8) is 0 Å². The molecule has 0 saturated heterocycles. The number of anilines is 1. The Morgan fingerprint density at radius 3 is 2.59 bits per heavy atom. The van der Waals surface area contributed by atoms with Gasteiger partial charge in [-0.2, -0.15) is 0 Å². The molecule has 0 atom stereocenters. The van der Waals surface area contributed by atoms with Crippen LogP contribution in [0.1, 0.15) is 48.4 Å². The van der Waals surface area contributed by atoms with Gasteiger partial charge in [0.15, 0.2) is 15.0 Å². The highest BCUT2D eigenvalue weighted by Crippen LogP contribution is 2.35. The van der Waals surface area contributed by atoms with Gasteiger partial charge < -0.3 is 4.42 Å². The standard InChI is InChI=1S/C24H24N2O4S2/c1-4-32(28,29)19-10-5-8-17(14-19)23(27)26(15-18-9-7-13-30-18)24-25-22-20(16(2)3)11-6-12-21(22)31-24/h5-14,16H,4,15H2,1-3H3. The molecule has 8 heteroatoms. The van der Waals surface area contributed by atoms with E-state index in [1.54, 1.807) is 42.4 Å². The van der Waals surface area contributed by atoms with Gasteiger partial charge in [0.25, 0.3) is 5.91 Å². The summed E-state index contributed by atoms with van der Waals surface area (Å²) in [6.45, 7) is 5.99. The first-order valence-electron chi connectivity index (χ1n) is 10.4. The number of hydrogen-bond acceptors (Lipinski definition) is 6. The highest BCUT2D eigenvalue weighted by Gasteiger charge is 2.25. The molecule has 0 aliphatic rings. The van der Waals surface area contributed by atoms with Crippen LogP contribution in [0.3, 0.4) is 0 Å². The van der Waals surface area contributed by atoms with Gasteiger partial charge in [0.1, 0.15) is 5.76 Å². The van der Waals surface area contributed by atoms with Crippen molar-refractivity contribution in [1.29, 1.82) is 0 Å². The predicted molar refractivity (Wildman–Crippen MR) is 127 cm³/mol. The lowest BCUT2D eigenvalue weighted by molar-refractivity contribution is 0.0983. The SMILES string of the molecule is CCS(=O)(=O)c1cccc(C(=O)N(Cc2ccco2)c2nc3c(C(C)C)cccc3s2)c1. The summed E-state index contributed by atoms with van der Waals surface area (Å²) in [4.78, 5) is 20.1. The number of nitrogens with zero attached hydrogens (tertiary/aromatic N) is 2. The lowest BCUT2D eigenvalue weighted by atomic mass is 10.0. The Labute approximate surface area is 191 Å². The quantitative estimate of drug-likeness (QED) is 0.350. The van der Waals surface area contributed by atoms with Gasteiger partial charge in [-0.3, -0.25) is 9.69 Å². The normalized spacial score (nSPS) is 11.9. The maximum absolute atomic E-state index is 13.6. The number of amides is 1. The number of thiazole rings is 1. The van der Waals surface area contributed by atoms with Gasteiger partial charge in [-0.05, 0) is 47.9 Å². The van der Waals surface area contributed by atoms with Crippen molar-refractivity contribution in [3.8, 4) is 0 Å². The molecule has 0 aliphatic heterocycles. The van der Waals surface area contributed by atoms with Crippen molar-refractivity contribution in [1.82, 2.24) is 4.98 Å². The van der Waals surface area contributed by atoms with Crippen LogP contribution in [0.2, 0.25) is 0 Å². The fourth-order valence-electron chi connectivity index (χ4n) is 3.47. The van der Waals surface area contributed by atoms with E-state index in [1.807, 2.05) is 18.2 Å². The van der Waals surface area contributed by atoms with Gasteiger partial charge in [-0.1, -0.05) is 50.3 Å². The minimum absolute atomic E-state index is 0.0311. The van der Waals surface area contributed by atoms with Crippen molar-refractivity contribution < 1.29 is 17.6 Å². The second kappa shape index (κ2) is 8.88. The summed E-state index contributed by atoms with van der Waals surface area (Å²) in [6.07, 6.45) is 1.56. The third kappa shape index (κ3) is 4.33. The van der Waals surface area contributed by atoms with Crippen LogP contribution >= 0.6 is 11.3 Å². The lowest BCUT2D eigenvalue weighted by Gasteiger charge is -2.19. The molecular formula is C24H24N2O4S2. The molecule has 0 aliphatic carbocycles. The van der Waals surface area contributed by atoms with Crippen molar-refractivity contribution >= 4 is 42.4 Å². The number of sulfone groups is 1. The van der Waals surface area contributed by atoms with E-state index in [0.29, 0.717) is 16.8 Å². The first-order chi connectivity index (χ1) is 15.3. The largest absolute Gasteiger partial charge is 0.467 e. The molecule has 0 fully saturated rings. The lowest BCUT2D eigenvalue weighted by Crippen LogP contribution is -2.30. The van der Waals surface area contributed by atoms with Crippen LogP contribution in [0.15, 0.2) is 70.2 Å². The van der Waals surface area contributed by atoms with Crippen LogP contribution in [0.5, 0.6) is 0 Å². The first kappa shape index (κ1) is 22.2. The number of aromatic nitrogens is 1. The molecule has 0 N–H and O–H groups in total. The van der Waals surface area contributed by atoms with E-state index >= 15 is 0 Å². The third-order valence-corrected chi connectivity index (χ3v) is 8.03. The fraction of sp³-hybridized carbons (Fsp3) is 0.250. The van der Waals surface area contributed by atoms with E-state index in [9.17, 15) is 13.2 Å². The third-order valence-electron chi connectivity index (χ3n) is 5.25. The van der Waals surface area contributed by atoms with Gasteiger partial charge in [0.05, 0.1) is 33.7 Å². The van der Waals surface area contributed by atoms with Gasteiger partial charge in [-0.15, -0.1) is 0 Å². The summed E-state index contributed by atoms with van der Waals surface area (Å²) < 4.78 is 31.2. The van der Waals surface area contributed by atoms with Gasteiger partial charge >= 0.3 is 0 Å². The Morgan fingerprint density at radius 2 is 1.91 bits per heavy atom. The Bertz CT molecular complexity index is 1360. The second-order valence-corrected chi connectivity index (χ2v) is 11.0. The molecule has 0 unspecified atom stereocenters. The minimum atomic E-state index is -3.43. The molecule has 166 valence electrons. The molecule has 2 aromatic heterocycles. The zero-order chi connectivity index (χ0) is 22.9. The summed E-state index contributed by atoms with van der Waals surface area (Å²) in [7, 11) is -3.43. The summed E-state index contributed by atoms with van der Waals surface area (Å²) in [5.41, 5.74) is 2.28. The van der Waals surface area contributed by atoms with Crippen LogP contribution in [-0.4, -0.2) is 25.1 Å². The Morgan fingerprint density at radius 1 is 1.12 bits per heavy atom. The van der Waals surface area contributed by atoms with Gasteiger partial charge in [0, 0.05) is 5.56 Å². The number of para-hydroxylation sites is 1. The first-order valence-corrected chi connectivity index (χ1v) is 12.8. The average Bonchev–Trinajstić information content (AvgIpc) is 3.46. The molecule has 6 nitrogen and oxygen atoms in total. The number of fused-ring (bicyclic) bond motifs is 1. The summed E-state index contributed by atoms with van der Waals surface area (Å²) in [5, 5.41) is 0.540. The number of rotatable bonds is 7. The van der Waals surface area contributed by atoms with Crippen LogP contribution in [-0.2, 0) is 16.4 Å². The van der Waals surface area contributed by atoms with E-state index in [4.69, 9.17) is 9.40 Å². The molecule has 4 aromatic rings. The number of carbonyl (C=O) groups is 1. The number of benzene rings is 2. The molecule has 2 aromatic carbocycles. The molecule has 4 rings (SSSR count). The zero-order valence-electron chi connectivity index (χ0n) is 18.1. The van der Waals surface area contributed by atoms with E-state index in [0.717, 1.165) is 15.8 Å². The van der Waals surface area contributed by atoms with E-state index in [-0.39, 0.29) is 28.7 Å². The van der Waals surface area contributed by atoms with Gasteiger partial charge in [0.2, 0.25) is 0 Å². The molecule has 2 heterocycles. The minimum Gasteiger partial charge on any atom is -0.467 e. The van der Waals surface area contributed by atoms with E-state index in [1.165, 1.54) is 23.5 Å². The molecule has 0 bridgehead atoms. The molecule has 1 amide bonds. The molecular weight excluding hydrogens is 444 g/mol. The molecule has 32 heavy (non-hydrogen) atoms. The van der Waals surface area contributed by atoms with E-state index < -0.39 is 9.84 Å². The number of hydrogen-bond donors (Lipinski definition) is 0. The molecule has 0 saturated carbocycles. The van der Waals surface area contributed by atoms with Crippen molar-refractivity contribution in [2.75, 3.05) is 10.7 Å². The van der Waals surface area contributed by atoms with E-state index in [2.05, 4.69) is 13.8 Å². The van der Waals surface area contributed by atoms with Crippen LogP contribution in [0.25, 0.3) is 10.2 Å². The van der Waals surface area contributed by atoms with Crippen molar-refractivity contribution in [3.05, 3.63) is 77.7 Å². The average molecular weight is 469 g/mol. The smallest absolute Gasteiger partial charge is 0.260 e. The zero-order valence-corrected chi connectivity index (χ0v) is 19.7. The maximum atomic E-state index is 13.6. The summed E-state index contributed by atoms with van der Waals surface area (Å²) in [6, 6.07) is 15.8. The molecule has 0 spiro atoms. The number of furan rings is 1. The Hall–Kier alpha value is -2.97. The Kier molecular flexibility index (Phi) is 6.17. The highest BCUT2D eigenvalue weighted by atomic mass is 32.2. The Balaban J connectivity index is 1.80. The van der Waals surface area contributed by atoms with Crippen molar-refractivity contribution in [2.45, 2.75) is 38.1 Å². The highest BCUT2D eigenvalue weighted by molar-refractivity contribution is 7.91. The topological polar surface area (TPSA) is 80.5 Å². The number of carbonyl (C=O) groups excluding carboxylic acids is 1. The van der Waals surface area contributed by atoms with Gasteiger partial charge in [-0.25, -0.2) is 13.4 Å². The van der Waals surface area contributed by atoms with Crippen LogP contribution in [0.4, 0.5) is 5.13 Å².